The maximum Gasteiger partial charge on any atom is 0.246 e. The highest BCUT2D eigenvalue weighted by Crippen LogP contribution is 2.12. The van der Waals surface area contributed by atoms with Gasteiger partial charge in [-0.05, 0) is 36.6 Å². The Morgan fingerprint density at radius 1 is 1.39 bits per heavy atom. The Kier molecular flexibility index (Phi) is 3.99. The highest BCUT2D eigenvalue weighted by molar-refractivity contribution is 5.91. The van der Waals surface area contributed by atoms with Crippen LogP contribution in [0.3, 0.4) is 0 Å². The molecule has 1 aromatic rings. The van der Waals surface area contributed by atoms with Gasteiger partial charge < -0.3 is 15.7 Å². The van der Waals surface area contributed by atoms with Crippen molar-refractivity contribution in [2.24, 2.45) is 0 Å². The predicted octanol–water partition coefficient (Wildman–Crippen LogP) is 1.27. The maximum absolute atomic E-state index is 11.9. The number of carbonyl (C=O) groups excluding carboxylic acids is 1. The summed E-state index contributed by atoms with van der Waals surface area (Å²) in [4.78, 5) is 13.6. The number of hydrogen-bond donors (Lipinski definition) is 2. The van der Waals surface area contributed by atoms with Crippen molar-refractivity contribution in [3.8, 4) is 0 Å². The van der Waals surface area contributed by atoms with E-state index in [4.69, 9.17) is 5.73 Å². The molecule has 0 atom stereocenters. The summed E-state index contributed by atoms with van der Waals surface area (Å²) in [6.07, 6.45) is 4.40. The average molecular weight is 246 g/mol. The van der Waals surface area contributed by atoms with Crippen LogP contribution in [0.15, 0.2) is 30.3 Å². The number of nitrogens with zero attached hydrogens (tertiary/aromatic N) is 1. The lowest BCUT2D eigenvalue weighted by molar-refractivity contribution is -0.127. The van der Waals surface area contributed by atoms with Crippen molar-refractivity contribution in [1.82, 2.24) is 4.90 Å². The number of aliphatic hydroxyl groups is 1. The van der Waals surface area contributed by atoms with E-state index in [1.165, 1.54) is 0 Å². The van der Waals surface area contributed by atoms with Crippen LogP contribution in [0.25, 0.3) is 6.08 Å². The second-order valence-corrected chi connectivity index (χ2v) is 4.56. The molecule has 1 aromatic carbocycles. The summed E-state index contributed by atoms with van der Waals surface area (Å²) in [6, 6.07) is 7.39. The van der Waals surface area contributed by atoms with Crippen molar-refractivity contribution < 1.29 is 9.90 Å². The molecule has 3 N–H and O–H groups in total. The van der Waals surface area contributed by atoms with Gasteiger partial charge in [0.2, 0.25) is 5.91 Å². The number of carbonyl (C=O) groups is 1. The van der Waals surface area contributed by atoms with E-state index in [2.05, 4.69) is 0 Å². The molecule has 96 valence electrons. The molecule has 0 radical (unpaired) electrons. The normalized spacial score (nSPS) is 17.3. The third-order valence-corrected chi connectivity index (χ3v) is 3.11. The molecule has 0 saturated carbocycles. The lowest BCUT2D eigenvalue weighted by Crippen LogP contribution is -2.39. The van der Waals surface area contributed by atoms with E-state index in [-0.39, 0.29) is 12.0 Å². The average Bonchev–Trinajstić information content (AvgIpc) is 2.37. The Hall–Kier alpha value is -1.81. The van der Waals surface area contributed by atoms with Crippen LogP contribution in [-0.4, -0.2) is 35.1 Å². The van der Waals surface area contributed by atoms with Crippen molar-refractivity contribution in [1.29, 1.82) is 0 Å². The smallest absolute Gasteiger partial charge is 0.246 e. The SMILES string of the molecule is Nc1cccc(/C=C/C(=O)N2CCC(O)CC2)c1. The van der Waals surface area contributed by atoms with Crippen molar-refractivity contribution in [2.45, 2.75) is 18.9 Å². The Bertz CT molecular complexity index is 449. The summed E-state index contributed by atoms with van der Waals surface area (Å²) in [7, 11) is 0. The first-order valence-corrected chi connectivity index (χ1v) is 6.16. The summed E-state index contributed by atoms with van der Waals surface area (Å²) in [6.45, 7) is 1.25. The minimum atomic E-state index is -0.257. The molecule has 2 rings (SSSR count). The lowest BCUT2D eigenvalue weighted by Gasteiger charge is -2.28. The number of hydrogen-bond acceptors (Lipinski definition) is 3. The molecule has 1 aliphatic rings. The molecule has 0 spiro atoms. The number of rotatable bonds is 2. The zero-order chi connectivity index (χ0) is 13.0. The Balaban J connectivity index is 1.94. The van der Waals surface area contributed by atoms with Gasteiger partial charge in [-0.2, -0.15) is 0 Å². The summed E-state index contributed by atoms with van der Waals surface area (Å²) < 4.78 is 0. The molecule has 4 nitrogen and oxygen atoms in total. The molecular weight excluding hydrogens is 228 g/mol. The number of nitrogens with two attached hydrogens (primary N) is 1. The highest BCUT2D eigenvalue weighted by Gasteiger charge is 2.19. The number of likely N-dealkylation sites (tertiary alicyclic amines) is 1. The molecule has 18 heavy (non-hydrogen) atoms. The fourth-order valence-corrected chi connectivity index (χ4v) is 2.02. The monoisotopic (exact) mass is 246 g/mol. The fraction of sp³-hybridized carbons (Fsp3) is 0.357. The van der Waals surface area contributed by atoms with Crippen molar-refractivity contribution in [3.05, 3.63) is 35.9 Å². The Morgan fingerprint density at radius 2 is 2.11 bits per heavy atom. The molecule has 1 saturated heterocycles. The van der Waals surface area contributed by atoms with Crippen molar-refractivity contribution in [3.63, 3.8) is 0 Å². The van der Waals surface area contributed by atoms with E-state index in [0.717, 1.165) is 5.56 Å². The van der Waals surface area contributed by atoms with Crippen LogP contribution in [0.1, 0.15) is 18.4 Å². The van der Waals surface area contributed by atoms with Gasteiger partial charge in [-0.3, -0.25) is 4.79 Å². The van der Waals surface area contributed by atoms with E-state index in [1.807, 2.05) is 24.3 Å². The molecule has 0 bridgehead atoms. The predicted molar refractivity (Wildman–Crippen MR) is 71.7 cm³/mol. The number of benzene rings is 1. The maximum atomic E-state index is 11.9. The van der Waals surface area contributed by atoms with Crippen LogP contribution in [0.4, 0.5) is 5.69 Å². The molecule has 0 unspecified atom stereocenters. The van der Waals surface area contributed by atoms with Crippen LogP contribution in [-0.2, 0) is 4.79 Å². The van der Waals surface area contributed by atoms with E-state index in [1.54, 1.807) is 17.1 Å². The van der Waals surface area contributed by atoms with Gasteiger partial charge in [0.1, 0.15) is 0 Å². The molecule has 1 amide bonds. The topological polar surface area (TPSA) is 66.6 Å². The van der Waals surface area contributed by atoms with Gasteiger partial charge in [-0.15, -0.1) is 0 Å². The van der Waals surface area contributed by atoms with Gasteiger partial charge in [0.05, 0.1) is 6.10 Å². The second kappa shape index (κ2) is 5.69. The summed E-state index contributed by atoms with van der Waals surface area (Å²) in [5.74, 6) is -0.00988. The molecule has 0 aromatic heterocycles. The summed E-state index contributed by atoms with van der Waals surface area (Å²) in [5, 5.41) is 9.38. The Morgan fingerprint density at radius 3 is 2.78 bits per heavy atom. The third kappa shape index (κ3) is 3.34. The number of nitrogen functional groups attached to an aromatic ring is 1. The standard InChI is InChI=1S/C14H18N2O2/c15-12-3-1-2-11(10-12)4-5-14(18)16-8-6-13(17)7-9-16/h1-5,10,13,17H,6-9,15H2/b5-4+. The molecule has 4 heteroatoms. The van der Waals surface area contributed by atoms with E-state index < -0.39 is 0 Å². The first kappa shape index (κ1) is 12.6. The number of anilines is 1. The van der Waals surface area contributed by atoms with Crippen LogP contribution in [0.5, 0.6) is 0 Å². The van der Waals surface area contributed by atoms with Crippen LogP contribution >= 0.6 is 0 Å². The van der Waals surface area contributed by atoms with Gasteiger partial charge in [0.25, 0.3) is 0 Å². The Labute approximate surface area is 107 Å². The molecule has 1 aliphatic heterocycles. The summed E-state index contributed by atoms with van der Waals surface area (Å²) >= 11 is 0. The number of aliphatic hydroxyl groups excluding tert-OH is 1. The number of amides is 1. The zero-order valence-corrected chi connectivity index (χ0v) is 10.2. The largest absolute Gasteiger partial charge is 0.399 e. The van der Waals surface area contributed by atoms with Crippen molar-refractivity contribution in [2.75, 3.05) is 18.8 Å². The van der Waals surface area contributed by atoms with E-state index >= 15 is 0 Å². The van der Waals surface area contributed by atoms with E-state index in [0.29, 0.717) is 31.6 Å². The van der Waals surface area contributed by atoms with Crippen LogP contribution in [0, 0.1) is 0 Å². The van der Waals surface area contributed by atoms with Gasteiger partial charge in [-0.25, -0.2) is 0 Å². The van der Waals surface area contributed by atoms with Crippen LogP contribution in [0.2, 0.25) is 0 Å². The second-order valence-electron chi connectivity index (χ2n) is 4.56. The zero-order valence-electron chi connectivity index (χ0n) is 10.2. The molecule has 0 aliphatic carbocycles. The van der Waals surface area contributed by atoms with Gasteiger partial charge in [-0.1, -0.05) is 12.1 Å². The van der Waals surface area contributed by atoms with E-state index in [9.17, 15) is 9.90 Å². The van der Waals surface area contributed by atoms with Crippen LogP contribution < -0.4 is 5.73 Å². The lowest BCUT2D eigenvalue weighted by atomic mass is 10.1. The molecular formula is C14H18N2O2. The molecule has 1 fully saturated rings. The van der Waals surface area contributed by atoms with Gasteiger partial charge >= 0.3 is 0 Å². The third-order valence-electron chi connectivity index (χ3n) is 3.11. The first-order valence-electron chi connectivity index (χ1n) is 6.16. The van der Waals surface area contributed by atoms with Crippen molar-refractivity contribution >= 4 is 17.7 Å². The molecule has 1 heterocycles. The quantitative estimate of drug-likeness (QED) is 0.610. The van der Waals surface area contributed by atoms with Gasteiger partial charge in [0.15, 0.2) is 0 Å². The minimum Gasteiger partial charge on any atom is -0.399 e. The van der Waals surface area contributed by atoms with Gasteiger partial charge in [0, 0.05) is 24.9 Å². The summed E-state index contributed by atoms with van der Waals surface area (Å²) in [5.41, 5.74) is 7.27. The number of piperidine rings is 1. The highest BCUT2D eigenvalue weighted by atomic mass is 16.3. The first-order chi connectivity index (χ1) is 8.65. The minimum absolute atomic E-state index is 0.00988. The fourth-order valence-electron chi connectivity index (χ4n) is 2.02.